The monoisotopic (exact) mass is 401 g/mol. The second-order valence-corrected chi connectivity index (χ2v) is 8.92. The molecule has 0 saturated heterocycles. The fourth-order valence-electron chi connectivity index (χ4n) is 5.72. The molecule has 0 amide bonds. The van der Waals surface area contributed by atoms with Crippen LogP contribution in [0.2, 0.25) is 0 Å². The summed E-state index contributed by atoms with van der Waals surface area (Å²) in [6.45, 7) is 2.30. The van der Waals surface area contributed by atoms with Crippen LogP contribution in [0, 0.1) is 0 Å². The van der Waals surface area contributed by atoms with Gasteiger partial charge in [0, 0.05) is 28.9 Å². The highest BCUT2D eigenvalue weighted by atomic mass is 14.9. The minimum absolute atomic E-state index is 0.629. The minimum atomic E-state index is 0.629. The molecule has 6 rings (SSSR count). The first-order valence-corrected chi connectivity index (χ1v) is 11.4. The van der Waals surface area contributed by atoms with E-state index in [0.717, 1.165) is 6.42 Å². The van der Waals surface area contributed by atoms with Crippen molar-refractivity contribution in [3.05, 3.63) is 96.1 Å². The van der Waals surface area contributed by atoms with Gasteiger partial charge in [0.25, 0.3) is 0 Å². The molecular formula is C30H27N. The number of nitrogens with zero attached hydrogens (tertiary/aromatic N) is 1. The SMILES string of the molecule is CCCC1Cc2cccc(-c3ccc4c5ccccc5n(C)c4c3)c2-c2ccccc21. The van der Waals surface area contributed by atoms with Crippen molar-refractivity contribution >= 4 is 21.8 Å². The summed E-state index contributed by atoms with van der Waals surface area (Å²) in [5.41, 5.74) is 11.1. The Balaban J connectivity index is 1.58. The summed E-state index contributed by atoms with van der Waals surface area (Å²) in [5, 5.41) is 2.66. The third-order valence-electron chi connectivity index (χ3n) is 7.15. The van der Waals surface area contributed by atoms with Gasteiger partial charge >= 0.3 is 0 Å². The molecule has 0 bridgehead atoms. The summed E-state index contributed by atoms with van der Waals surface area (Å²) >= 11 is 0. The van der Waals surface area contributed by atoms with Crippen LogP contribution in [-0.4, -0.2) is 4.57 Å². The van der Waals surface area contributed by atoms with Crippen molar-refractivity contribution in [2.45, 2.75) is 32.1 Å². The Morgan fingerprint density at radius 3 is 2.45 bits per heavy atom. The van der Waals surface area contributed by atoms with Gasteiger partial charge in [-0.1, -0.05) is 86.1 Å². The summed E-state index contributed by atoms with van der Waals surface area (Å²) in [6.07, 6.45) is 3.62. The van der Waals surface area contributed by atoms with Crippen molar-refractivity contribution in [1.29, 1.82) is 0 Å². The fourth-order valence-corrected chi connectivity index (χ4v) is 5.72. The Morgan fingerprint density at radius 2 is 1.55 bits per heavy atom. The number of aromatic nitrogens is 1. The third-order valence-corrected chi connectivity index (χ3v) is 7.15. The van der Waals surface area contributed by atoms with Crippen molar-refractivity contribution in [2.24, 2.45) is 7.05 Å². The Kier molecular flexibility index (Phi) is 4.24. The van der Waals surface area contributed by atoms with Gasteiger partial charge in [0.05, 0.1) is 0 Å². The zero-order chi connectivity index (χ0) is 20.9. The van der Waals surface area contributed by atoms with E-state index in [1.54, 1.807) is 0 Å². The number of hydrogen-bond acceptors (Lipinski definition) is 0. The van der Waals surface area contributed by atoms with E-state index >= 15 is 0 Å². The highest BCUT2D eigenvalue weighted by molar-refractivity contribution is 6.09. The fraction of sp³-hybridized carbons (Fsp3) is 0.200. The minimum Gasteiger partial charge on any atom is -0.344 e. The number of para-hydroxylation sites is 1. The maximum absolute atomic E-state index is 2.38. The molecule has 0 N–H and O–H groups in total. The Bertz CT molecular complexity index is 1440. The van der Waals surface area contributed by atoms with Crippen molar-refractivity contribution in [2.75, 3.05) is 0 Å². The van der Waals surface area contributed by atoms with Crippen LogP contribution in [0.4, 0.5) is 0 Å². The molecule has 31 heavy (non-hydrogen) atoms. The maximum Gasteiger partial charge on any atom is 0.0494 e. The number of fused-ring (bicyclic) bond motifs is 6. The lowest BCUT2D eigenvalue weighted by molar-refractivity contribution is 0.605. The molecule has 0 fully saturated rings. The molecule has 0 saturated carbocycles. The second kappa shape index (κ2) is 7.13. The largest absolute Gasteiger partial charge is 0.344 e. The average molecular weight is 402 g/mol. The van der Waals surface area contributed by atoms with E-state index in [9.17, 15) is 0 Å². The van der Waals surface area contributed by atoms with E-state index < -0.39 is 0 Å². The summed E-state index contributed by atoms with van der Waals surface area (Å²) < 4.78 is 2.33. The standard InChI is InChI=1S/C30H27N/c1-3-9-20-18-22-10-8-14-24(30(22)27-13-5-4-11-23(20)27)21-16-17-26-25-12-6-7-15-28(25)31(2)29(26)19-21/h4-8,10-17,19-20H,3,9,18H2,1-2H3. The first-order chi connectivity index (χ1) is 15.3. The van der Waals surface area contributed by atoms with Crippen LogP contribution in [0.5, 0.6) is 0 Å². The van der Waals surface area contributed by atoms with Gasteiger partial charge in [0.2, 0.25) is 0 Å². The van der Waals surface area contributed by atoms with E-state index in [4.69, 9.17) is 0 Å². The third kappa shape index (κ3) is 2.76. The summed E-state index contributed by atoms with van der Waals surface area (Å²) in [7, 11) is 2.18. The molecule has 1 aliphatic rings. The van der Waals surface area contributed by atoms with Gasteiger partial charge in [-0.2, -0.15) is 0 Å². The summed E-state index contributed by atoms with van der Waals surface area (Å²) in [5.74, 6) is 0.629. The van der Waals surface area contributed by atoms with Gasteiger partial charge < -0.3 is 4.57 Å². The zero-order valence-corrected chi connectivity index (χ0v) is 18.2. The second-order valence-electron chi connectivity index (χ2n) is 8.92. The highest BCUT2D eigenvalue weighted by Crippen LogP contribution is 2.46. The number of aryl methyl sites for hydroxylation is 1. The lowest BCUT2D eigenvalue weighted by Gasteiger charge is -2.29. The first kappa shape index (κ1) is 18.4. The Hall–Kier alpha value is -3.32. The normalized spacial score (nSPS) is 15.2. The molecule has 0 aliphatic heterocycles. The van der Waals surface area contributed by atoms with Crippen LogP contribution >= 0.6 is 0 Å². The van der Waals surface area contributed by atoms with Gasteiger partial charge in [-0.15, -0.1) is 0 Å². The molecular weight excluding hydrogens is 374 g/mol. The van der Waals surface area contributed by atoms with Crippen molar-refractivity contribution in [1.82, 2.24) is 4.57 Å². The lowest BCUT2D eigenvalue weighted by Crippen LogP contribution is -2.12. The molecule has 1 heterocycles. The molecule has 1 unspecified atom stereocenters. The van der Waals surface area contributed by atoms with Gasteiger partial charge in [-0.3, -0.25) is 0 Å². The van der Waals surface area contributed by atoms with Crippen LogP contribution in [0.1, 0.15) is 36.8 Å². The molecule has 1 nitrogen and oxygen atoms in total. The lowest BCUT2D eigenvalue weighted by atomic mass is 9.75. The Morgan fingerprint density at radius 1 is 0.774 bits per heavy atom. The molecule has 1 atom stereocenters. The smallest absolute Gasteiger partial charge is 0.0494 e. The van der Waals surface area contributed by atoms with Crippen LogP contribution in [0.15, 0.2) is 84.9 Å². The van der Waals surface area contributed by atoms with Crippen molar-refractivity contribution in [3.63, 3.8) is 0 Å². The molecule has 4 aromatic carbocycles. The van der Waals surface area contributed by atoms with E-state index in [-0.39, 0.29) is 0 Å². The van der Waals surface area contributed by atoms with E-state index in [2.05, 4.69) is 103 Å². The molecule has 152 valence electrons. The van der Waals surface area contributed by atoms with Gasteiger partial charge in [-0.05, 0) is 64.3 Å². The quantitative estimate of drug-likeness (QED) is 0.288. The molecule has 0 radical (unpaired) electrons. The van der Waals surface area contributed by atoms with Crippen LogP contribution in [-0.2, 0) is 13.5 Å². The average Bonchev–Trinajstić information content (AvgIpc) is 3.11. The molecule has 1 aromatic heterocycles. The van der Waals surface area contributed by atoms with Gasteiger partial charge in [-0.25, -0.2) is 0 Å². The maximum atomic E-state index is 2.38. The van der Waals surface area contributed by atoms with Crippen LogP contribution in [0.3, 0.4) is 0 Å². The van der Waals surface area contributed by atoms with Gasteiger partial charge in [0.1, 0.15) is 0 Å². The number of rotatable bonds is 3. The van der Waals surface area contributed by atoms with Crippen LogP contribution < -0.4 is 0 Å². The van der Waals surface area contributed by atoms with Crippen LogP contribution in [0.25, 0.3) is 44.1 Å². The van der Waals surface area contributed by atoms with Crippen molar-refractivity contribution in [3.8, 4) is 22.3 Å². The van der Waals surface area contributed by atoms with E-state index in [1.165, 1.54) is 68.0 Å². The zero-order valence-electron chi connectivity index (χ0n) is 18.2. The van der Waals surface area contributed by atoms with Crippen molar-refractivity contribution < 1.29 is 0 Å². The first-order valence-electron chi connectivity index (χ1n) is 11.4. The van der Waals surface area contributed by atoms with Gasteiger partial charge in [0.15, 0.2) is 0 Å². The predicted octanol–water partition coefficient (Wildman–Crippen LogP) is 8.11. The summed E-state index contributed by atoms with van der Waals surface area (Å²) in [6, 6.07) is 31.7. The molecule has 0 spiro atoms. The highest BCUT2D eigenvalue weighted by Gasteiger charge is 2.26. The number of benzene rings is 4. The predicted molar refractivity (Wildman–Crippen MR) is 133 cm³/mol. The molecule has 1 aliphatic carbocycles. The molecule has 1 heteroatoms. The molecule has 5 aromatic rings. The summed E-state index contributed by atoms with van der Waals surface area (Å²) in [4.78, 5) is 0. The number of hydrogen-bond donors (Lipinski definition) is 0. The van der Waals surface area contributed by atoms with E-state index in [1.807, 2.05) is 0 Å². The van der Waals surface area contributed by atoms with E-state index in [0.29, 0.717) is 5.92 Å². The topological polar surface area (TPSA) is 4.93 Å². The Labute approximate surface area is 184 Å².